The maximum Gasteiger partial charge on any atom is 0.193 e. The van der Waals surface area contributed by atoms with Crippen molar-refractivity contribution in [2.45, 2.75) is 12.8 Å². The third-order valence-electron chi connectivity index (χ3n) is 4.39. The van der Waals surface area contributed by atoms with E-state index >= 15 is 0 Å². The molecule has 0 fully saturated rings. The van der Waals surface area contributed by atoms with Crippen LogP contribution in [0.2, 0.25) is 5.02 Å². The first kappa shape index (κ1) is 24.4. The average Bonchev–Trinajstić information content (AvgIpc) is 2.70. The fourth-order valence-electron chi connectivity index (χ4n) is 2.83. The highest BCUT2D eigenvalue weighted by Gasteiger charge is 2.09. The first-order chi connectivity index (χ1) is 13.1. The number of halogens is 2. The third-order valence-corrected chi connectivity index (χ3v) is 4.76. The first-order valence-electron chi connectivity index (χ1n) is 8.95. The topological polar surface area (TPSA) is 46.1 Å². The van der Waals surface area contributed by atoms with Gasteiger partial charge in [-0.05, 0) is 42.2 Å². The van der Waals surface area contributed by atoms with Gasteiger partial charge in [0.15, 0.2) is 17.5 Å². The Balaban J connectivity index is 0.00000392. The fraction of sp³-hybridized carbons (Fsp3) is 0.381. The molecular formula is C21H29ClIN3O2. The molecule has 0 heterocycles. The van der Waals surface area contributed by atoms with Crippen molar-refractivity contribution in [1.82, 2.24) is 10.2 Å². The Hall–Kier alpha value is -1.67. The molecule has 0 aliphatic rings. The van der Waals surface area contributed by atoms with Gasteiger partial charge in [0.25, 0.3) is 0 Å². The summed E-state index contributed by atoms with van der Waals surface area (Å²) in [6, 6.07) is 13.9. The largest absolute Gasteiger partial charge is 0.493 e. The highest BCUT2D eigenvalue weighted by molar-refractivity contribution is 14.0. The SMILES string of the molecule is CN=C(NCCc1ccccc1Cl)N(C)CCc1ccc(OC)c(OC)c1.I. The molecule has 2 rings (SSSR count). The number of guanidine groups is 1. The van der Waals surface area contributed by atoms with Crippen molar-refractivity contribution >= 4 is 41.5 Å². The fourth-order valence-corrected chi connectivity index (χ4v) is 3.06. The maximum absolute atomic E-state index is 6.21. The zero-order chi connectivity index (χ0) is 19.6. The summed E-state index contributed by atoms with van der Waals surface area (Å²) < 4.78 is 10.7. The van der Waals surface area contributed by atoms with Gasteiger partial charge in [-0.2, -0.15) is 0 Å². The van der Waals surface area contributed by atoms with Crippen LogP contribution in [0.4, 0.5) is 0 Å². The molecule has 0 unspecified atom stereocenters. The standard InChI is InChI=1S/C21H28ClN3O2.HI/c1-23-21(24-13-11-17-7-5-6-8-18(17)22)25(2)14-12-16-9-10-19(26-3)20(15-16)27-4;/h5-10,15H,11-14H2,1-4H3,(H,23,24);1H. The van der Waals surface area contributed by atoms with Crippen LogP contribution in [0.5, 0.6) is 11.5 Å². The molecular weight excluding hydrogens is 489 g/mol. The quantitative estimate of drug-likeness (QED) is 0.323. The zero-order valence-corrected chi connectivity index (χ0v) is 20.0. The van der Waals surface area contributed by atoms with Crippen LogP contribution in [-0.4, -0.2) is 52.3 Å². The predicted octanol–water partition coefficient (Wildman–Crippen LogP) is 4.27. The van der Waals surface area contributed by atoms with E-state index in [-0.39, 0.29) is 24.0 Å². The van der Waals surface area contributed by atoms with Crippen molar-refractivity contribution in [2.75, 3.05) is 41.4 Å². The lowest BCUT2D eigenvalue weighted by atomic mass is 10.1. The molecule has 1 N–H and O–H groups in total. The summed E-state index contributed by atoms with van der Waals surface area (Å²) in [6.07, 6.45) is 1.73. The number of hydrogen-bond acceptors (Lipinski definition) is 3. The van der Waals surface area contributed by atoms with Crippen LogP contribution < -0.4 is 14.8 Å². The van der Waals surface area contributed by atoms with E-state index in [0.717, 1.165) is 54.0 Å². The molecule has 0 atom stereocenters. The first-order valence-corrected chi connectivity index (χ1v) is 9.33. The minimum absolute atomic E-state index is 0. The van der Waals surface area contributed by atoms with Gasteiger partial charge < -0.3 is 19.7 Å². The van der Waals surface area contributed by atoms with Crippen LogP contribution in [-0.2, 0) is 12.8 Å². The number of aliphatic imine (C=N–C) groups is 1. The predicted molar refractivity (Wildman–Crippen MR) is 128 cm³/mol. The minimum atomic E-state index is 0. The van der Waals surface area contributed by atoms with Crippen LogP contribution >= 0.6 is 35.6 Å². The Morgan fingerprint density at radius 1 is 1.07 bits per heavy atom. The van der Waals surface area contributed by atoms with Gasteiger partial charge in [0.05, 0.1) is 14.2 Å². The minimum Gasteiger partial charge on any atom is -0.493 e. The number of nitrogens with zero attached hydrogens (tertiary/aromatic N) is 2. The van der Waals surface area contributed by atoms with E-state index in [1.807, 2.05) is 43.4 Å². The smallest absolute Gasteiger partial charge is 0.193 e. The van der Waals surface area contributed by atoms with Gasteiger partial charge in [0, 0.05) is 32.2 Å². The zero-order valence-electron chi connectivity index (χ0n) is 16.9. The van der Waals surface area contributed by atoms with Gasteiger partial charge in [0.1, 0.15) is 0 Å². The number of benzene rings is 2. The monoisotopic (exact) mass is 517 g/mol. The van der Waals surface area contributed by atoms with Gasteiger partial charge in [-0.25, -0.2) is 0 Å². The van der Waals surface area contributed by atoms with E-state index in [9.17, 15) is 0 Å². The molecule has 5 nitrogen and oxygen atoms in total. The molecule has 0 bridgehead atoms. The lowest BCUT2D eigenvalue weighted by Crippen LogP contribution is -2.40. The second kappa shape index (κ2) is 12.7. The van der Waals surface area contributed by atoms with E-state index in [1.54, 1.807) is 21.3 Å². The third kappa shape index (κ3) is 7.05. The van der Waals surface area contributed by atoms with Crippen molar-refractivity contribution in [3.05, 3.63) is 58.6 Å². The molecule has 0 spiro atoms. The summed E-state index contributed by atoms with van der Waals surface area (Å²) in [6.45, 7) is 1.61. The molecule has 0 saturated heterocycles. The number of likely N-dealkylation sites (N-methyl/N-ethyl adjacent to an activating group) is 1. The summed E-state index contributed by atoms with van der Waals surface area (Å²) in [7, 11) is 7.12. The van der Waals surface area contributed by atoms with Crippen LogP contribution in [0, 0.1) is 0 Å². The normalized spacial score (nSPS) is 10.8. The number of rotatable bonds is 8. The Kier molecular flexibility index (Phi) is 11.1. The molecule has 0 aromatic heterocycles. The lowest BCUT2D eigenvalue weighted by molar-refractivity contribution is 0.354. The highest BCUT2D eigenvalue weighted by Crippen LogP contribution is 2.27. The Morgan fingerprint density at radius 2 is 1.79 bits per heavy atom. The maximum atomic E-state index is 6.21. The molecule has 28 heavy (non-hydrogen) atoms. The van der Waals surface area contributed by atoms with Crippen LogP contribution in [0.25, 0.3) is 0 Å². The summed E-state index contributed by atoms with van der Waals surface area (Å²) in [5, 5.41) is 4.20. The van der Waals surface area contributed by atoms with E-state index in [2.05, 4.69) is 21.3 Å². The molecule has 2 aromatic carbocycles. The van der Waals surface area contributed by atoms with Crippen molar-refractivity contribution in [2.24, 2.45) is 4.99 Å². The molecule has 0 amide bonds. The van der Waals surface area contributed by atoms with E-state index in [1.165, 1.54) is 5.56 Å². The van der Waals surface area contributed by atoms with Crippen molar-refractivity contribution < 1.29 is 9.47 Å². The lowest BCUT2D eigenvalue weighted by Gasteiger charge is -2.22. The van der Waals surface area contributed by atoms with Crippen molar-refractivity contribution in [1.29, 1.82) is 0 Å². The molecule has 0 saturated carbocycles. The summed E-state index contributed by atoms with van der Waals surface area (Å²) in [5.41, 5.74) is 2.32. The van der Waals surface area contributed by atoms with Crippen molar-refractivity contribution in [3.63, 3.8) is 0 Å². The molecule has 154 valence electrons. The second-order valence-corrected chi connectivity index (χ2v) is 6.58. The molecule has 7 heteroatoms. The number of nitrogens with one attached hydrogen (secondary N) is 1. The molecule has 2 aromatic rings. The Labute approximate surface area is 190 Å². The van der Waals surface area contributed by atoms with Gasteiger partial charge in [-0.15, -0.1) is 24.0 Å². The Bertz CT molecular complexity index is 771. The van der Waals surface area contributed by atoms with Gasteiger partial charge in [-0.3, -0.25) is 4.99 Å². The number of ether oxygens (including phenoxy) is 2. The average molecular weight is 518 g/mol. The van der Waals surface area contributed by atoms with Crippen LogP contribution in [0.3, 0.4) is 0 Å². The summed E-state index contributed by atoms with van der Waals surface area (Å²) >= 11 is 6.21. The van der Waals surface area contributed by atoms with Crippen molar-refractivity contribution in [3.8, 4) is 11.5 Å². The molecule has 0 aliphatic heterocycles. The molecule has 0 radical (unpaired) electrons. The summed E-state index contributed by atoms with van der Waals surface area (Å²) in [5.74, 6) is 2.36. The van der Waals surface area contributed by atoms with Gasteiger partial charge in [0.2, 0.25) is 0 Å². The Morgan fingerprint density at radius 3 is 2.43 bits per heavy atom. The second-order valence-electron chi connectivity index (χ2n) is 6.18. The van der Waals surface area contributed by atoms with E-state index < -0.39 is 0 Å². The van der Waals surface area contributed by atoms with E-state index in [0.29, 0.717) is 0 Å². The van der Waals surface area contributed by atoms with Gasteiger partial charge >= 0.3 is 0 Å². The number of hydrogen-bond donors (Lipinski definition) is 1. The summed E-state index contributed by atoms with van der Waals surface area (Å²) in [4.78, 5) is 6.48. The highest BCUT2D eigenvalue weighted by atomic mass is 127. The number of methoxy groups -OCH3 is 2. The van der Waals surface area contributed by atoms with E-state index in [4.69, 9.17) is 21.1 Å². The van der Waals surface area contributed by atoms with Crippen LogP contribution in [0.15, 0.2) is 47.5 Å². The van der Waals surface area contributed by atoms with Crippen LogP contribution in [0.1, 0.15) is 11.1 Å². The van der Waals surface area contributed by atoms with Gasteiger partial charge in [-0.1, -0.05) is 35.9 Å². The molecule has 0 aliphatic carbocycles.